The van der Waals surface area contributed by atoms with Crippen LogP contribution in [0.25, 0.3) is 0 Å². The van der Waals surface area contributed by atoms with E-state index in [1.165, 1.54) is 31.2 Å². The molecule has 0 radical (unpaired) electrons. The lowest BCUT2D eigenvalue weighted by Crippen LogP contribution is -2.27. The van der Waals surface area contributed by atoms with Crippen molar-refractivity contribution in [2.24, 2.45) is 11.8 Å². The lowest BCUT2D eigenvalue weighted by Gasteiger charge is -2.30. The standard InChI is InChI=1S/C15H21BrO/c1-11-6-8-12(9-7-11)15(17)10-13-4-2-3-5-14(13)16/h2-5,11-12,15,17H,6-10H2,1H3. The average molecular weight is 297 g/mol. The number of aliphatic hydroxyl groups excluding tert-OH is 1. The van der Waals surface area contributed by atoms with E-state index in [-0.39, 0.29) is 6.10 Å². The van der Waals surface area contributed by atoms with Gasteiger partial charge >= 0.3 is 0 Å². The van der Waals surface area contributed by atoms with Gasteiger partial charge in [0.05, 0.1) is 6.10 Å². The van der Waals surface area contributed by atoms with E-state index in [1.807, 2.05) is 18.2 Å². The molecule has 1 aliphatic carbocycles. The van der Waals surface area contributed by atoms with Crippen molar-refractivity contribution in [3.63, 3.8) is 0 Å². The van der Waals surface area contributed by atoms with Crippen molar-refractivity contribution >= 4 is 15.9 Å². The molecule has 1 nitrogen and oxygen atoms in total. The normalized spacial score (nSPS) is 26.8. The molecule has 1 fully saturated rings. The Morgan fingerprint density at radius 2 is 1.88 bits per heavy atom. The summed E-state index contributed by atoms with van der Waals surface area (Å²) in [7, 11) is 0. The number of halogens is 1. The van der Waals surface area contributed by atoms with Gasteiger partial charge in [-0.15, -0.1) is 0 Å². The van der Waals surface area contributed by atoms with Gasteiger partial charge in [0.1, 0.15) is 0 Å². The van der Waals surface area contributed by atoms with Crippen LogP contribution in [0, 0.1) is 11.8 Å². The Balaban J connectivity index is 1.93. The van der Waals surface area contributed by atoms with Crippen LogP contribution in [0.2, 0.25) is 0 Å². The number of benzene rings is 1. The van der Waals surface area contributed by atoms with Gasteiger partial charge < -0.3 is 5.11 Å². The van der Waals surface area contributed by atoms with E-state index in [9.17, 15) is 5.11 Å². The molecule has 2 rings (SSSR count). The highest BCUT2D eigenvalue weighted by Crippen LogP contribution is 2.32. The molecule has 0 spiro atoms. The first-order chi connectivity index (χ1) is 8.16. The quantitative estimate of drug-likeness (QED) is 0.887. The second-order valence-corrected chi connectivity index (χ2v) is 6.24. The van der Waals surface area contributed by atoms with E-state index in [0.717, 1.165) is 16.8 Å². The summed E-state index contributed by atoms with van der Waals surface area (Å²) in [4.78, 5) is 0. The van der Waals surface area contributed by atoms with Crippen molar-refractivity contribution in [1.82, 2.24) is 0 Å². The number of rotatable bonds is 3. The van der Waals surface area contributed by atoms with Gasteiger partial charge in [0.2, 0.25) is 0 Å². The number of aliphatic hydroxyl groups is 1. The molecule has 1 aromatic rings. The maximum atomic E-state index is 10.3. The van der Waals surface area contributed by atoms with Crippen molar-refractivity contribution < 1.29 is 5.11 Å². The number of hydrogen-bond acceptors (Lipinski definition) is 1. The van der Waals surface area contributed by atoms with Gasteiger partial charge in [0, 0.05) is 4.47 Å². The molecular formula is C15H21BrO. The van der Waals surface area contributed by atoms with Crippen LogP contribution in [-0.4, -0.2) is 11.2 Å². The van der Waals surface area contributed by atoms with E-state index in [2.05, 4.69) is 28.9 Å². The molecule has 2 heteroatoms. The summed E-state index contributed by atoms with van der Waals surface area (Å²) in [6.07, 6.45) is 5.52. The Hall–Kier alpha value is -0.340. The van der Waals surface area contributed by atoms with Gasteiger partial charge in [-0.3, -0.25) is 0 Å². The van der Waals surface area contributed by atoms with Crippen LogP contribution in [0.5, 0.6) is 0 Å². The molecule has 0 bridgehead atoms. The Labute approximate surface area is 112 Å². The molecule has 1 aromatic carbocycles. The lowest BCUT2D eigenvalue weighted by molar-refractivity contribution is 0.0759. The Morgan fingerprint density at radius 3 is 2.53 bits per heavy atom. The van der Waals surface area contributed by atoms with Crippen LogP contribution in [0.1, 0.15) is 38.2 Å². The minimum atomic E-state index is -0.179. The fraction of sp³-hybridized carbons (Fsp3) is 0.600. The summed E-state index contributed by atoms with van der Waals surface area (Å²) in [5.41, 5.74) is 1.22. The summed E-state index contributed by atoms with van der Waals surface area (Å²) >= 11 is 3.55. The topological polar surface area (TPSA) is 20.2 Å². The smallest absolute Gasteiger partial charge is 0.0609 e. The van der Waals surface area contributed by atoms with Crippen LogP contribution in [0.3, 0.4) is 0 Å². The SMILES string of the molecule is CC1CCC(C(O)Cc2ccccc2Br)CC1. The second kappa shape index (κ2) is 6.01. The van der Waals surface area contributed by atoms with Gasteiger partial charge in [-0.2, -0.15) is 0 Å². The molecule has 1 atom stereocenters. The van der Waals surface area contributed by atoms with E-state index in [1.54, 1.807) is 0 Å². The van der Waals surface area contributed by atoms with Crippen LogP contribution < -0.4 is 0 Å². The highest BCUT2D eigenvalue weighted by molar-refractivity contribution is 9.10. The maximum Gasteiger partial charge on any atom is 0.0609 e. The summed E-state index contributed by atoms with van der Waals surface area (Å²) in [6, 6.07) is 8.20. The van der Waals surface area contributed by atoms with E-state index >= 15 is 0 Å². The summed E-state index contributed by atoms with van der Waals surface area (Å²) < 4.78 is 1.11. The molecule has 1 aliphatic rings. The fourth-order valence-corrected chi connectivity index (χ4v) is 3.17. The van der Waals surface area contributed by atoms with E-state index < -0.39 is 0 Å². The molecule has 1 unspecified atom stereocenters. The Bertz CT molecular complexity index is 356. The average Bonchev–Trinajstić information content (AvgIpc) is 2.33. The molecule has 94 valence electrons. The summed E-state index contributed by atoms with van der Waals surface area (Å²) in [6.45, 7) is 2.32. The molecule has 17 heavy (non-hydrogen) atoms. The first-order valence-electron chi connectivity index (χ1n) is 6.58. The zero-order chi connectivity index (χ0) is 12.3. The largest absolute Gasteiger partial charge is 0.392 e. The van der Waals surface area contributed by atoms with Crippen molar-refractivity contribution in [2.75, 3.05) is 0 Å². The van der Waals surface area contributed by atoms with Gasteiger partial charge in [-0.1, -0.05) is 53.9 Å². The summed E-state index contributed by atoms with van der Waals surface area (Å²) in [5, 5.41) is 10.3. The van der Waals surface area contributed by atoms with Gasteiger partial charge in [-0.25, -0.2) is 0 Å². The van der Waals surface area contributed by atoms with Crippen molar-refractivity contribution in [1.29, 1.82) is 0 Å². The molecule has 0 saturated heterocycles. The summed E-state index contributed by atoms with van der Waals surface area (Å²) in [5.74, 6) is 1.35. The third-order valence-electron chi connectivity index (χ3n) is 3.99. The minimum absolute atomic E-state index is 0.179. The third-order valence-corrected chi connectivity index (χ3v) is 4.77. The van der Waals surface area contributed by atoms with Crippen molar-refractivity contribution in [2.45, 2.75) is 45.1 Å². The van der Waals surface area contributed by atoms with Crippen molar-refractivity contribution in [3.05, 3.63) is 34.3 Å². The second-order valence-electron chi connectivity index (χ2n) is 5.38. The van der Waals surface area contributed by atoms with Crippen LogP contribution in [-0.2, 0) is 6.42 Å². The van der Waals surface area contributed by atoms with E-state index in [0.29, 0.717) is 5.92 Å². The monoisotopic (exact) mass is 296 g/mol. The lowest BCUT2D eigenvalue weighted by atomic mass is 9.79. The molecule has 0 aromatic heterocycles. The predicted octanol–water partition coefficient (Wildman–Crippen LogP) is 4.18. The number of hydrogen-bond donors (Lipinski definition) is 1. The first-order valence-corrected chi connectivity index (χ1v) is 7.37. The zero-order valence-corrected chi connectivity index (χ0v) is 12.0. The highest BCUT2D eigenvalue weighted by Gasteiger charge is 2.24. The fourth-order valence-electron chi connectivity index (χ4n) is 2.73. The Morgan fingerprint density at radius 1 is 1.24 bits per heavy atom. The molecule has 1 saturated carbocycles. The predicted molar refractivity (Wildman–Crippen MR) is 75.0 cm³/mol. The van der Waals surface area contributed by atoms with Crippen LogP contribution in [0.15, 0.2) is 28.7 Å². The molecule has 0 heterocycles. The minimum Gasteiger partial charge on any atom is -0.392 e. The molecule has 0 amide bonds. The maximum absolute atomic E-state index is 10.3. The van der Waals surface area contributed by atoms with Crippen LogP contribution in [0.4, 0.5) is 0 Å². The Kier molecular flexibility index (Phi) is 4.63. The van der Waals surface area contributed by atoms with E-state index in [4.69, 9.17) is 0 Å². The zero-order valence-electron chi connectivity index (χ0n) is 10.4. The first kappa shape index (κ1) is 13.1. The molecular weight excluding hydrogens is 276 g/mol. The van der Waals surface area contributed by atoms with Crippen molar-refractivity contribution in [3.8, 4) is 0 Å². The van der Waals surface area contributed by atoms with Gasteiger partial charge in [-0.05, 0) is 42.7 Å². The van der Waals surface area contributed by atoms with Crippen LogP contribution >= 0.6 is 15.9 Å². The molecule has 1 N–H and O–H groups in total. The third kappa shape index (κ3) is 3.56. The van der Waals surface area contributed by atoms with Gasteiger partial charge in [0.25, 0.3) is 0 Å². The molecule has 0 aliphatic heterocycles. The van der Waals surface area contributed by atoms with Gasteiger partial charge in [0.15, 0.2) is 0 Å². The highest BCUT2D eigenvalue weighted by atomic mass is 79.9.